The van der Waals surface area contributed by atoms with Crippen LogP contribution < -0.4 is 5.32 Å². The molecule has 84 valence electrons. The number of fused-ring (bicyclic) bond motifs is 1. The molecule has 6 heteroatoms. The third kappa shape index (κ3) is 1.76. The molecule has 0 aromatic carbocycles. The van der Waals surface area contributed by atoms with Crippen LogP contribution in [0.4, 0.5) is 0 Å². The van der Waals surface area contributed by atoms with Crippen LogP contribution in [0.25, 0.3) is 11.2 Å². The lowest BCUT2D eigenvalue weighted by molar-refractivity contribution is 0.344. The zero-order valence-corrected chi connectivity index (χ0v) is 9.48. The van der Waals surface area contributed by atoms with Gasteiger partial charge in [0, 0.05) is 0 Å². The molecule has 2 aromatic rings. The van der Waals surface area contributed by atoms with Crippen molar-refractivity contribution in [2.24, 2.45) is 0 Å². The van der Waals surface area contributed by atoms with E-state index in [4.69, 9.17) is 11.6 Å². The lowest BCUT2D eigenvalue weighted by Gasteiger charge is -2.22. The molecule has 1 fully saturated rings. The summed E-state index contributed by atoms with van der Waals surface area (Å²) in [5, 5.41) is 8.15. The minimum atomic E-state index is 0.392. The Labute approximate surface area is 97.8 Å². The quantitative estimate of drug-likeness (QED) is 0.815. The molecule has 3 heterocycles. The van der Waals surface area contributed by atoms with E-state index in [1.807, 2.05) is 10.9 Å². The second-order valence-corrected chi connectivity index (χ2v) is 4.38. The summed E-state index contributed by atoms with van der Waals surface area (Å²) in [6.07, 6.45) is 5.70. The van der Waals surface area contributed by atoms with Crippen molar-refractivity contribution in [3.05, 3.63) is 17.5 Å². The average Bonchev–Trinajstić information content (AvgIpc) is 2.73. The molecule has 0 radical (unpaired) electrons. The van der Waals surface area contributed by atoms with Crippen LogP contribution in [0.15, 0.2) is 12.4 Å². The van der Waals surface area contributed by atoms with Gasteiger partial charge < -0.3 is 5.32 Å². The van der Waals surface area contributed by atoms with Crippen LogP contribution in [0, 0.1) is 0 Å². The van der Waals surface area contributed by atoms with Crippen molar-refractivity contribution in [2.75, 3.05) is 13.1 Å². The fourth-order valence-electron chi connectivity index (χ4n) is 2.05. The fourth-order valence-corrected chi connectivity index (χ4v) is 2.18. The molecule has 0 saturated carbocycles. The Balaban J connectivity index is 1.97. The predicted molar refractivity (Wildman–Crippen MR) is 61.5 cm³/mol. The molecular weight excluding hydrogens is 226 g/mol. The van der Waals surface area contributed by atoms with Gasteiger partial charge in [-0.05, 0) is 25.9 Å². The van der Waals surface area contributed by atoms with E-state index < -0.39 is 0 Å². The minimum absolute atomic E-state index is 0.392. The van der Waals surface area contributed by atoms with Crippen LogP contribution in [0.2, 0.25) is 5.15 Å². The van der Waals surface area contributed by atoms with E-state index in [0.717, 1.165) is 31.4 Å². The van der Waals surface area contributed by atoms with E-state index in [1.54, 1.807) is 6.20 Å². The standard InChI is InChI=1S/C10H12ClN5/c11-9-5-13-8-6-16(15-10(8)14-9)7-1-3-12-4-2-7/h5-7,12H,1-4H2. The van der Waals surface area contributed by atoms with E-state index in [-0.39, 0.29) is 0 Å². The number of halogens is 1. The topological polar surface area (TPSA) is 55.6 Å². The molecular formula is C10H12ClN5. The van der Waals surface area contributed by atoms with Crippen molar-refractivity contribution < 1.29 is 0 Å². The first-order chi connectivity index (χ1) is 7.83. The third-order valence-corrected chi connectivity index (χ3v) is 3.08. The van der Waals surface area contributed by atoms with Crippen LogP contribution in [0.3, 0.4) is 0 Å². The van der Waals surface area contributed by atoms with Crippen molar-refractivity contribution in [1.82, 2.24) is 25.1 Å². The summed E-state index contributed by atoms with van der Waals surface area (Å²) in [6, 6.07) is 0.455. The molecule has 3 rings (SSSR count). The van der Waals surface area contributed by atoms with Crippen LogP contribution >= 0.6 is 11.6 Å². The molecule has 0 spiro atoms. The highest BCUT2D eigenvalue weighted by molar-refractivity contribution is 6.29. The van der Waals surface area contributed by atoms with Crippen LogP contribution in [-0.2, 0) is 0 Å². The van der Waals surface area contributed by atoms with Crippen molar-refractivity contribution in [1.29, 1.82) is 0 Å². The van der Waals surface area contributed by atoms with Crippen molar-refractivity contribution >= 4 is 22.8 Å². The largest absolute Gasteiger partial charge is 0.317 e. The summed E-state index contributed by atoms with van der Waals surface area (Å²) in [6.45, 7) is 2.09. The van der Waals surface area contributed by atoms with Gasteiger partial charge in [0.05, 0.1) is 18.4 Å². The summed E-state index contributed by atoms with van der Waals surface area (Å²) >= 11 is 5.78. The third-order valence-electron chi connectivity index (χ3n) is 2.90. The number of nitrogens with zero attached hydrogens (tertiary/aromatic N) is 4. The molecule has 0 aliphatic carbocycles. The van der Waals surface area contributed by atoms with Gasteiger partial charge in [-0.3, -0.25) is 4.68 Å². The number of rotatable bonds is 1. The lowest BCUT2D eigenvalue weighted by Crippen LogP contribution is -2.29. The molecule has 2 aromatic heterocycles. The van der Waals surface area contributed by atoms with Gasteiger partial charge in [0.1, 0.15) is 10.7 Å². The minimum Gasteiger partial charge on any atom is -0.317 e. The summed E-state index contributed by atoms with van der Waals surface area (Å²) in [5.41, 5.74) is 1.44. The molecule has 1 saturated heterocycles. The summed E-state index contributed by atoms with van der Waals surface area (Å²) in [5.74, 6) is 0. The number of aromatic nitrogens is 4. The van der Waals surface area contributed by atoms with E-state index in [1.165, 1.54) is 0 Å². The zero-order valence-electron chi connectivity index (χ0n) is 8.73. The first-order valence-corrected chi connectivity index (χ1v) is 5.79. The monoisotopic (exact) mass is 237 g/mol. The first-order valence-electron chi connectivity index (χ1n) is 5.41. The molecule has 1 aliphatic heterocycles. The normalized spacial score (nSPS) is 18.1. The molecule has 16 heavy (non-hydrogen) atoms. The van der Waals surface area contributed by atoms with Gasteiger partial charge in [-0.15, -0.1) is 0 Å². The van der Waals surface area contributed by atoms with Gasteiger partial charge in [0.15, 0.2) is 0 Å². The van der Waals surface area contributed by atoms with Crippen molar-refractivity contribution in [3.63, 3.8) is 0 Å². The number of hydrogen-bond donors (Lipinski definition) is 1. The molecule has 0 atom stereocenters. The van der Waals surface area contributed by atoms with Crippen LogP contribution in [-0.4, -0.2) is 32.8 Å². The highest BCUT2D eigenvalue weighted by Gasteiger charge is 2.16. The molecule has 0 amide bonds. The molecule has 0 bridgehead atoms. The van der Waals surface area contributed by atoms with Gasteiger partial charge >= 0.3 is 0 Å². The molecule has 1 N–H and O–H groups in total. The Morgan fingerprint density at radius 2 is 2.19 bits per heavy atom. The van der Waals surface area contributed by atoms with Crippen LogP contribution in [0.5, 0.6) is 0 Å². The van der Waals surface area contributed by atoms with Gasteiger partial charge in [0.2, 0.25) is 5.65 Å². The summed E-state index contributed by atoms with van der Waals surface area (Å²) in [7, 11) is 0. The first kappa shape index (κ1) is 9.99. The van der Waals surface area contributed by atoms with Crippen molar-refractivity contribution in [3.8, 4) is 0 Å². The lowest BCUT2D eigenvalue weighted by atomic mass is 10.1. The van der Waals surface area contributed by atoms with Gasteiger partial charge in [-0.2, -0.15) is 5.10 Å². The highest BCUT2D eigenvalue weighted by Crippen LogP contribution is 2.20. The van der Waals surface area contributed by atoms with Gasteiger partial charge in [-0.1, -0.05) is 11.6 Å². The Bertz CT molecular complexity index is 503. The second-order valence-electron chi connectivity index (χ2n) is 3.99. The molecule has 5 nitrogen and oxygen atoms in total. The smallest absolute Gasteiger partial charge is 0.201 e. The number of hydrogen-bond acceptors (Lipinski definition) is 4. The zero-order chi connectivity index (χ0) is 11.0. The van der Waals surface area contributed by atoms with Crippen molar-refractivity contribution in [2.45, 2.75) is 18.9 Å². The van der Waals surface area contributed by atoms with Crippen LogP contribution in [0.1, 0.15) is 18.9 Å². The maximum absolute atomic E-state index is 5.78. The van der Waals surface area contributed by atoms with Gasteiger partial charge in [-0.25, -0.2) is 9.97 Å². The average molecular weight is 238 g/mol. The van der Waals surface area contributed by atoms with E-state index >= 15 is 0 Å². The van der Waals surface area contributed by atoms with Gasteiger partial charge in [0.25, 0.3) is 0 Å². The second kappa shape index (κ2) is 3.99. The number of piperidine rings is 1. The SMILES string of the molecule is Clc1cnc2cn(C3CCNCC3)nc2n1. The van der Waals surface area contributed by atoms with E-state index in [9.17, 15) is 0 Å². The Morgan fingerprint density at radius 3 is 3.00 bits per heavy atom. The maximum atomic E-state index is 5.78. The Hall–Kier alpha value is -1.20. The summed E-state index contributed by atoms with van der Waals surface area (Å²) in [4.78, 5) is 8.35. The predicted octanol–water partition coefficient (Wildman–Crippen LogP) is 1.40. The Morgan fingerprint density at radius 1 is 1.38 bits per heavy atom. The maximum Gasteiger partial charge on any atom is 0.201 e. The number of nitrogens with one attached hydrogen (secondary N) is 1. The Kier molecular flexibility index (Phi) is 2.49. The molecule has 0 unspecified atom stereocenters. The van der Waals surface area contributed by atoms with E-state index in [0.29, 0.717) is 16.8 Å². The highest BCUT2D eigenvalue weighted by atomic mass is 35.5. The fraction of sp³-hybridized carbons (Fsp3) is 0.500. The molecule has 1 aliphatic rings. The summed E-state index contributed by atoms with van der Waals surface area (Å²) < 4.78 is 1.97. The van der Waals surface area contributed by atoms with E-state index in [2.05, 4.69) is 20.4 Å².